The van der Waals surface area contributed by atoms with Crippen molar-refractivity contribution in [3.05, 3.63) is 23.7 Å². The van der Waals surface area contributed by atoms with Crippen LogP contribution in [0.4, 0.5) is 5.95 Å². The Labute approximate surface area is 126 Å². The highest BCUT2D eigenvalue weighted by atomic mass is 32.2. The average molecular weight is 301 g/mol. The van der Waals surface area contributed by atoms with E-state index in [1.807, 2.05) is 26.8 Å². The van der Waals surface area contributed by atoms with Crippen LogP contribution in [0.1, 0.15) is 18.3 Å². The monoisotopic (exact) mass is 301 g/mol. The molecule has 3 aromatic heterocycles. The highest BCUT2D eigenvalue weighted by molar-refractivity contribution is 7.99. The van der Waals surface area contributed by atoms with E-state index in [-0.39, 0.29) is 0 Å². The SMILES string of the molecule is CCNc1nc(Sc2nc(C)cc(C)n2)c2cn[nH]c2n1. The lowest BCUT2D eigenvalue weighted by Crippen LogP contribution is -2.03. The molecule has 0 bridgehead atoms. The Kier molecular flexibility index (Phi) is 3.70. The third-order valence-corrected chi connectivity index (χ3v) is 3.63. The Bertz CT molecular complexity index is 763. The number of aromatic amines is 1. The van der Waals surface area contributed by atoms with Crippen LogP contribution in [-0.2, 0) is 0 Å². The van der Waals surface area contributed by atoms with E-state index >= 15 is 0 Å². The van der Waals surface area contributed by atoms with E-state index in [0.717, 1.165) is 28.3 Å². The second kappa shape index (κ2) is 5.65. The van der Waals surface area contributed by atoms with Crippen LogP contribution in [0, 0.1) is 13.8 Å². The molecule has 0 amide bonds. The fourth-order valence-electron chi connectivity index (χ4n) is 1.95. The molecule has 0 saturated heterocycles. The van der Waals surface area contributed by atoms with Crippen LogP contribution in [-0.4, -0.2) is 36.7 Å². The van der Waals surface area contributed by atoms with Gasteiger partial charge in [0.1, 0.15) is 5.03 Å². The lowest BCUT2D eigenvalue weighted by molar-refractivity contribution is 0.899. The largest absolute Gasteiger partial charge is 0.354 e. The number of nitrogens with zero attached hydrogens (tertiary/aromatic N) is 5. The molecule has 21 heavy (non-hydrogen) atoms. The van der Waals surface area contributed by atoms with Crippen molar-refractivity contribution in [1.29, 1.82) is 0 Å². The number of aromatic nitrogens is 6. The van der Waals surface area contributed by atoms with Crippen molar-refractivity contribution in [2.45, 2.75) is 31.0 Å². The van der Waals surface area contributed by atoms with E-state index in [2.05, 4.69) is 35.5 Å². The van der Waals surface area contributed by atoms with Crippen LogP contribution in [0.2, 0.25) is 0 Å². The van der Waals surface area contributed by atoms with Crippen LogP contribution in [0.5, 0.6) is 0 Å². The van der Waals surface area contributed by atoms with Crippen LogP contribution in [0.15, 0.2) is 22.4 Å². The molecule has 3 rings (SSSR count). The summed E-state index contributed by atoms with van der Waals surface area (Å²) in [4.78, 5) is 17.8. The van der Waals surface area contributed by atoms with E-state index in [9.17, 15) is 0 Å². The molecule has 7 nitrogen and oxygen atoms in total. The summed E-state index contributed by atoms with van der Waals surface area (Å²) in [5.41, 5.74) is 2.58. The molecule has 0 aliphatic carbocycles. The number of fused-ring (bicyclic) bond motifs is 1. The molecule has 0 aliphatic heterocycles. The molecule has 3 heterocycles. The second-order valence-electron chi connectivity index (χ2n) is 4.55. The van der Waals surface area contributed by atoms with Gasteiger partial charge in [-0.05, 0) is 38.6 Å². The van der Waals surface area contributed by atoms with Gasteiger partial charge in [-0.25, -0.2) is 15.0 Å². The van der Waals surface area contributed by atoms with Gasteiger partial charge >= 0.3 is 0 Å². The molecular weight excluding hydrogens is 286 g/mol. The molecule has 108 valence electrons. The quantitative estimate of drug-likeness (QED) is 0.564. The van der Waals surface area contributed by atoms with Crippen LogP contribution >= 0.6 is 11.8 Å². The molecule has 0 unspecified atom stereocenters. The first-order chi connectivity index (χ1) is 10.2. The minimum absolute atomic E-state index is 0.570. The smallest absolute Gasteiger partial charge is 0.225 e. The molecule has 0 saturated carbocycles. The Morgan fingerprint density at radius 3 is 2.62 bits per heavy atom. The van der Waals surface area contributed by atoms with Gasteiger partial charge in [0.15, 0.2) is 10.8 Å². The molecule has 0 spiro atoms. The maximum Gasteiger partial charge on any atom is 0.225 e. The topological polar surface area (TPSA) is 92.3 Å². The standard InChI is InChI=1S/C13H15N7S/c1-4-14-12-18-10-9(6-15-20-10)11(19-12)21-13-16-7(2)5-8(3)17-13/h5-6H,4H2,1-3H3,(H2,14,15,18,19,20). The van der Waals surface area contributed by atoms with Gasteiger partial charge in [-0.15, -0.1) is 0 Å². The van der Waals surface area contributed by atoms with E-state index in [1.54, 1.807) is 6.20 Å². The molecule has 3 aromatic rings. The summed E-state index contributed by atoms with van der Waals surface area (Å²) in [6.45, 7) is 6.66. The summed E-state index contributed by atoms with van der Waals surface area (Å²) < 4.78 is 0. The zero-order valence-electron chi connectivity index (χ0n) is 12.0. The van der Waals surface area contributed by atoms with Gasteiger partial charge in [0, 0.05) is 17.9 Å². The van der Waals surface area contributed by atoms with Gasteiger partial charge in [0.2, 0.25) is 5.95 Å². The summed E-state index contributed by atoms with van der Waals surface area (Å²) in [5, 5.41) is 12.3. The number of H-pyrrole nitrogens is 1. The van der Waals surface area contributed by atoms with Crippen molar-refractivity contribution >= 4 is 28.7 Å². The maximum atomic E-state index is 4.52. The molecule has 2 N–H and O–H groups in total. The van der Waals surface area contributed by atoms with Crippen LogP contribution in [0.3, 0.4) is 0 Å². The molecule has 0 aliphatic rings. The first-order valence-electron chi connectivity index (χ1n) is 6.61. The number of aryl methyl sites for hydroxylation is 2. The van der Waals surface area contributed by atoms with Crippen molar-refractivity contribution in [2.24, 2.45) is 0 Å². The zero-order chi connectivity index (χ0) is 14.8. The summed E-state index contributed by atoms with van der Waals surface area (Å²) in [6.07, 6.45) is 1.72. The minimum Gasteiger partial charge on any atom is -0.354 e. The van der Waals surface area contributed by atoms with Gasteiger partial charge in [0.05, 0.1) is 11.6 Å². The molecule has 0 atom stereocenters. The van der Waals surface area contributed by atoms with Gasteiger partial charge in [0.25, 0.3) is 0 Å². The fraction of sp³-hybridized carbons (Fsp3) is 0.308. The molecule has 0 radical (unpaired) electrons. The Morgan fingerprint density at radius 1 is 1.14 bits per heavy atom. The van der Waals surface area contributed by atoms with E-state index in [0.29, 0.717) is 16.8 Å². The van der Waals surface area contributed by atoms with Crippen LogP contribution < -0.4 is 5.32 Å². The number of hydrogen-bond acceptors (Lipinski definition) is 7. The molecule has 0 fully saturated rings. The molecule has 8 heteroatoms. The van der Waals surface area contributed by atoms with Crippen molar-refractivity contribution in [1.82, 2.24) is 30.1 Å². The lowest BCUT2D eigenvalue weighted by atomic mass is 10.4. The van der Waals surface area contributed by atoms with Crippen molar-refractivity contribution in [3.8, 4) is 0 Å². The summed E-state index contributed by atoms with van der Waals surface area (Å²) in [5.74, 6) is 0.570. The minimum atomic E-state index is 0.570. The molecular formula is C13H15N7S. The van der Waals surface area contributed by atoms with E-state index in [1.165, 1.54) is 11.8 Å². The average Bonchev–Trinajstić information content (AvgIpc) is 2.86. The summed E-state index contributed by atoms with van der Waals surface area (Å²) >= 11 is 1.42. The van der Waals surface area contributed by atoms with E-state index < -0.39 is 0 Å². The normalized spacial score (nSPS) is 11.0. The second-order valence-corrected chi connectivity index (χ2v) is 5.51. The van der Waals surface area contributed by atoms with Crippen molar-refractivity contribution in [3.63, 3.8) is 0 Å². The lowest BCUT2D eigenvalue weighted by Gasteiger charge is -2.06. The van der Waals surface area contributed by atoms with Gasteiger partial charge in [-0.3, -0.25) is 5.10 Å². The van der Waals surface area contributed by atoms with Crippen molar-refractivity contribution in [2.75, 3.05) is 11.9 Å². The predicted molar refractivity (Wildman–Crippen MR) is 81.5 cm³/mol. The maximum absolute atomic E-state index is 4.52. The van der Waals surface area contributed by atoms with Gasteiger partial charge in [-0.2, -0.15) is 10.1 Å². The third-order valence-electron chi connectivity index (χ3n) is 2.76. The highest BCUT2D eigenvalue weighted by Gasteiger charge is 2.12. The fourth-order valence-corrected chi connectivity index (χ4v) is 2.89. The van der Waals surface area contributed by atoms with Gasteiger partial charge in [-0.1, -0.05) is 0 Å². The summed E-state index contributed by atoms with van der Waals surface area (Å²) in [7, 11) is 0. The predicted octanol–water partition coefficient (Wildman–Crippen LogP) is 2.34. The number of anilines is 1. The number of nitrogens with one attached hydrogen (secondary N) is 2. The van der Waals surface area contributed by atoms with Crippen molar-refractivity contribution < 1.29 is 0 Å². The Balaban J connectivity index is 2.04. The zero-order valence-corrected chi connectivity index (χ0v) is 12.8. The number of rotatable bonds is 4. The first kappa shape index (κ1) is 13.7. The van der Waals surface area contributed by atoms with Gasteiger partial charge < -0.3 is 5.32 Å². The Hall–Kier alpha value is -2.22. The highest BCUT2D eigenvalue weighted by Crippen LogP contribution is 2.29. The van der Waals surface area contributed by atoms with E-state index in [4.69, 9.17) is 0 Å². The Morgan fingerprint density at radius 2 is 1.90 bits per heavy atom. The first-order valence-corrected chi connectivity index (χ1v) is 7.42. The molecule has 0 aromatic carbocycles. The van der Waals surface area contributed by atoms with Crippen LogP contribution in [0.25, 0.3) is 11.0 Å². The third kappa shape index (κ3) is 2.94. The number of hydrogen-bond donors (Lipinski definition) is 2. The summed E-state index contributed by atoms with van der Waals surface area (Å²) in [6, 6.07) is 1.95.